The second-order valence-electron chi connectivity index (χ2n) is 6.09. The molecule has 0 aliphatic rings. The Labute approximate surface area is 111 Å². The van der Waals surface area contributed by atoms with E-state index in [1.807, 2.05) is 6.92 Å². The maximum absolute atomic E-state index is 10.1. The number of unbranched alkanes of at least 4 members (excludes halogenated alkanes) is 2. The monoisotopic (exact) mass is 250 g/mol. The molecule has 1 rings (SSSR count). The van der Waals surface area contributed by atoms with Gasteiger partial charge in [-0.25, -0.2) is 0 Å². The molecule has 1 aromatic carbocycles. The number of aromatic hydroxyl groups is 1. The molecule has 0 fully saturated rings. The number of phenolic OH excluding ortho intramolecular Hbond substituents is 1. The van der Waals surface area contributed by atoms with Crippen molar-refractivity contribution in [3.63, 3.8) is 0 Å². The van der Waals surface area contributed by atoms with Gasteiger partial charge in [-0.1, -0.05) is 39.3 Å². The van der Waals surface area contributed by atoms with Crippen molar-refractivity contribution in [1.82, 2.24) is 0 Å². The molecule has 2 N–H and O–H groups in total. The summed E-state index contributed by atoms with van der Waals surface area (Å²) in [7, 11) is 0. The van der Waals surface area contributed by atoms with E-state index in [2.05, 4.69) is 32.9 Å². The first kappa shape index (κ1) is 15.0. The van der Waals surface area contributed by atoms with Gasteiger partial charge in [0, 0.05) is 6.61 Å². The van der Waals surface area contributed by atoms with Crippen LogP contribution < -0.4 is 0 Å². The Bertz CT molecular complexity index is 389. The normalized spacial score (nSPS) is 11.8. The molecular weight excluding hydrogens is 224 g/mol. The predicted octanol–water partition coefficient (Wildman–Crippen LogP) is 3.70. The van der Waals surface area contributed by atoms with Crippen LogP contribution in [0, 0.1) is 6.92 Å². The van der Waals surface area contributed by atoms with E-state index < -0.39 is 0 Å². The van der Waals surface area contributed by atoms with Gasteiger partial charge in [0.1, 0.15) is 5.75 Å². The summed E-state index contributed by atoms with van der Waals surface area (Å²) in [5.41, 5.74) is 3.38. The lowest BCUT2D eigenvalue weighted by atomic mass is 9.84. The minimum atomic E-state index is 0.109. The van der Waals surface area contributed by atoms with Gasteiger partial charge < -0.3 is 10.2 Å². The van der Waals surface area contributed by atoms with Crippen LogP contribution in [0.15, 0.2) is 12.1 Å². The first-order valence-corrected chi connectivity index (χ1v) is 6.80. The molecule has 0 aliphatic heterocycles. The van der Waals surface area contributed by atoms with E-state index in [1.54, 1.807) is 0 Å². The van der Waals surface area contributed by atoms with E-state index in [-0.39, 0.29) is 12.0 Å². The Kier molecular flexibility index (Phi) is 5.21. The molecule has 0 atom stereocenters. The second-order valence-corrected chi connectivity index (χ2v) is 6.09. The van der Waals surface area contributed by atoms with E-state index in [9.17, 15) is 5.11 Å². The first-order chi connectivity index (χ1) is 8.36. The minimum Gasteiger partial charge on any atom is -0.507 e. The van der Waals surface area contributed by atoms with Crippen LogP contribution in [0.25, 0.3) is 0 Å². The number of aliphatic hydroxyl groups excluding tert-OH is 1. The summed E-state index contributed by atoms with van der Waals surface area (Å²) in [6, 6.07) is 4.20. The summed E-state index contributed by atoms with van der Waals surface area (Å²) in [6.07, 6.45) is 3.76. The highest BCUT2D eigenvalue weighted by Gasteiger charge is 2.17. The van der Waals surface area contributed by atoms with Gasteiger partial charge in [0.2, 0.25) is 0 Å². The third-order valence-electron chi connectivity index (χ3n) is 3.35. The Morgan fingerprint density at radius 3 is 2.28 bits per heavy atom. The number of hydrogen-bond donors (Lipinski definition) is 2. The van der Waals surface area contributed by atoms with Crippen LogP contribution in [-0.4, -0.2) is 16.8 Å². The van der Waals surface area contributed by atoms with Crippen LogP contribution in [0.5, 0.6) is 5.75 Å². The number of aliphatic hydroxyl groups is 1. The third-order valence-corrected chi connectivity index (χ3v) is 3.35. The Hall–Kier alpha value is -1.02. The van der Waals surface area contributed by atoms with Crippen molar-refractivity contribution < 1.29 is 10.2 Å². The molecule has 2 nitrogen and oxygen atoms in total. The molecule has 2 heteroatoms. The molecule has 0 heterocycles. The predicted molar refractivity (Wildman–Crippen MR) is 76.2 cm³/mol. The van der Waals surface area contributed by atoms with Gasteiger partial charge in [-0.05, 0) is 48.3 Å². The minimum absolute atomic E-state index is 0.109. The molecule has 0 bridgehead atoms. The van der Waals surface area contributed by atoms with Crippen molar-refractivity contribution in [2.75, 3.05) is 6.61 Å². The molecule has 0 spiro atoms. The highest BCUT2D eigenvalue weighted by molar-refractivity contribution is 5.45. The highest BCUT2D eigenvalue weighted by Crippen LogP contribution is 2.31. The zero-order valence-electron chi connectivity index (χ0n) is 12.1. The Morgan fingerprint density at radius 1 is 1.06 bits per heavy atom. The van der Waals surface area contributed by atoms with Gasteiger partial charge in [-0.2, -0.15) is 0 Å². The second kappa shape index (κ2) is 6.24. The van der Waals surface area contributed by atoms with E-state index in [0.717, 1.165) is 36.8 Å². The molecule has 0 radical (unpaired) electrons. The average Bonchev–Trinajstić information content (AvgIpc) is 2.28. The zero-order valence-corrected chi connectivity index (χ0v) is 12.1. The fourth-order valence-corrected chi connectivity index (χ4v) is 2.08. The fourth-order valence-electron chi connectivity index (χ4n) is 2.08. The van der Waals surface area contributed by atoms with Crippen LogP contribution >= 0.6 is 0 Å². The lowest BCUT2D eigenvalue weighted by Gasteiger charge is -2.21. The molecule has 0 unspecified atom stereocenters. The van der Waals surface area contributed by atoms with Crippen molar-refractivity contribution in [3.05, 3.63) is 28.8 Å². The van der Waals surface area contributed by atoms with Crippen molar-refractivity contribution >= 4 is 0 Å². The fraction of sp³-hybridized carbons (Fsp3) is 0.625. The average molecular weight is 250 g/mol. The lowest BCUT2D eigenvalue weighted by molar-refractivity contribution is 0.283. The number of benzene rings is 1. The van der Waals surface area contributed by atoms with Crippen molar-refractivity contribution in [3.8, 4) is 5.75 Å². The van der Waals surface area contributed by atoms with E-state index >= 15 is 0 Å². The molecule has 1 aromatic rings. The largest absolute Gasteiger partial charge is 0.507 e. The van der Waals surface area contributed by atoms with Crippen LogP contribution in [0.3, 0.4) is 0 Å². The van der Waals surface area contributed by atoms with E-state index in [0.29, 0.717) is 5.75 Å². The number of phenols is 1. The molecule has 0 aromatic heterocycles. The standard InChI is InChI=1S/C16H26O2/c1-12-10-14(16(2,3)4)11-13(15(12)18)8-6-5-7-9-17/h10-11,17-18H,5-9H2,1-4H3. The zero-order chi connectivity index (χ0) is 13.8. The van der Waals surface area contributed by atoms with Gasteiger partial charge in [-0.15, -0.1) is 0 Å². The van der Waals surface area contributed by atoms with Crippen LogP contribution in [0.4, 0.5) is 0 Å². The molecule has 0 amide bonds. The highest BCUT2D eigenvalue weighted by atomic mass is 16.3. The van der Waals surface area contributed by atoms with Crippen LogP contribution in [0.2, 0.25) is 0 Å². The summed E-state index contributed by atoms with van der Waals surface area (Å²) in [6.45, 7) is 8.78. The molecule has 18 heavy (non-hydrogen) atoms. The van der Waals surface area contributed by atoms with Gasteiger partial charge in [0.25, 0.3) is 0 Å². The molecule has 0 aliphatic carbocycles. The number of rotatable bonds is 5. The Morgan fingerprint density at radius 2 is 1.72 bits per heavy atom. The summed E-state index contributed by atoms with van der Waals surface area (Å²) >= 11 is 0. The summed E-state index contributed by atoms with van der Waals surface area (Å²) in [4.78, 5) is 0. The Balaban J connectivity index is 2.86. The summed E-state index contributed by atoms with van der Waals surface area (Å²) in [5, 5.41) is 18.9. The lowest BCUT2D eigenvalue weighted by Crippen LogP contribution is -2.12. The van der Waals surface area contributed by atoms with Gasteiger partial charge >= 0.3 is 0 Å². The number of hydrogen-bond acceptors (Lipinski definition) is 2. The van der Waals surface area contributed by atoms with Crippen LogP contribution in [-0.2, 0) is 11.8 Å². The quantitative estimate of drug-likeness (QED) is 0.782. The first-order valence-electron chi connectivity index (χ1n) is 6.80. The van der Waals surface area contributed by atoms with E-state index in [4.69, 9.17) is 5.11 Å². The van der Waals surface area contributed by atoms with Crippen molar-refractivity contribution in [2.45, 2.75) is 58.8 Å². The smallest absolute Gasteiger partial charge is 0.121 e. The maximum atomic E-state index is 10.1. The summed E-state index contributed by atoms with van der Waals surface area (Å²) < 4.78 is 0. The van der Waals surface area contributed by atoms with Gasteiger partial charge in [0.15, 0.2) is 0 Å². The van der Waals surface area contributed by atoms with Crippen LogP contribution in [0.1, 0.15) is 56.7 Å². The van der Waals surface area contributed by atoms with Crippen molar-refractivity contribution in [1.29, 1.82) is 0 Å². The number of aryl methyl sites for hydroxylation is 2. The van der Waals surface area contributed by atoms with Gasteiger partial charge in [-0.3, -0.25) is 0 Å². The van der Waals surface area contributed by atoms with Crippen molar-refractivity contribution in [2.24, 2.45) is 0 Å². The van der Waals surface area contributed by atoms with E-state index in [1.165, 1.54) is 5.56 Å². The SMILES string of the molecule is Cc1cc(C(C)(C)C)cc(CCCCCO)c1O. The molecule has 0 saturated carbocycles. The molecular formula is C16H26O2. The maximum Gasteiger partial charge on any atom is 0.121 e. The summed E-state index contributed by atoms with van der Waals surface area (Å²) in [5.74, 6) is 0.437. The molecule has 0 saturated heterocycles. The third kappa shape index (κ3) is 4.02. The topological polar surface area (TPSA) is 40.5 Å². The van der Waals surface area contributed by atoms with Gasteiger partial charge in [0.05, 0.1) is 0 Å². The molecule has 102 valence electrons.